The van der Waals surface area contributed by atoms with Gasteiger partial charge in [-0.2, -0.15) is 0 Å². The number of amides is 3. The SMILES string of the molecule is CCC(Oc1ccc(C(C)(C)CC)cc1C(C)(C)CC)C(=O)NCC(C)(C)C(=O)C(Cl)(C(=O)Nc1ccccc1)C12ON(C1=O)C(C)(C)C2=O. The molecule has 2 aromatic rings. The molecule has 2 bridgehead atoms. The van der Waals surface area contributed by atoms with E-state index in [1.807, 2.05) is 19.1 Å². The summed E-state index contributed by atoms with van der Waals surface area (Å²) in [6, 6.07) is 14.4. The molecule has 0 aliphatic carbocycles. The Bertz CT molecular complexity index is 1690. The lowest BCUT2D eigenvalue weighted by atomic mass is 9.69. The first-order valence-electron chi connectivity index (χ1n) is 17.4. The summed E-state index contributed by atoms with van der Waals surface area (Å²) in [5.74, 6) is -3.61. The van der Waals surface area contributed by atoms with Crippen LogP contribution < -0.4 is 15.4 Å². The molecule has 10 nitrogen and oxygen atoms in total. The minimum atomic E-state index is -2.80. The number of Topliss-reactive ketones (excluding diaryl/α,β-unsaturated/α-hetero) is 2. The maximum atomic E-state index is 14.5. The van der Waals surface area contributed by atoms with E-state index in [1.54, 1.807) is 30.3 Å². The van der Waals surface area contributed by atoms with Crippen LogP contribution in [0.5, 0.6) is 5.75 Å². The van der Waals surface area contributed by atoms with Gasteiger partial charge < -0.3 is 15.4 Å². The number of halogens is 1. The Hall–Kier alpha value is -3.76. The average molecular weight is 710 g/mol. The Kier molecular flexibility index (Phi) is 10.5. The Morgan fingerprint density at radius 3 is 2.02 bits per heavy atom. The average Bonchev–Trinajstić information content (AvgIpc) is 3.39. The number of fused-ring (bicyclic) bond motifs is 1. The second-order valence-corrected chi connectivity index (χ2v) is 16.4. The van der Waals surface area contributed by atoms with Crippen molar-refractivity contribution in [1.82, 2.24) is 10.4 Å². The number of nitrogens with one attached hydrogen (secondary N) is 2. The molecule has 3 fully saturated rings. The summed E-state index contributed by atoms with van der Waals surface area (Å²) in [6.07, 6.45) is 1.23. The molecule has 3 aliphatic rings. The number of carbonyl (C=O) groups excluding carboxylic acids is 5. The Balaban J connectivity index is 1.62. The summed E-state index contributed by atoms with van der Waals surface area (Å²) in [5.41, 5.74) is -3.38. The van der Waals surface area contributed by atoms with Crippen molar-refractivity contribution in [2.24, 2.45) is 5.41 Å². The number of alkyl halides is 1. The lowest BCUT2D eigenvalue weighted by molar-refractivity contribution is -0.285. The number of benzene rings is 2. The van der Waals surface area contributed by atoms with Gasteiger partial charge in [0.1, 0.15) is 11.3 Å². The van der Waals surface area contributed by atoms with Crippen LogP contribution in [0.1, 0.15) is 107 Å². The molecule has 50 heavy (non-hydrogen) atoms. The van der Waals surface area contributed by atoms with Crippen molar-refractivity contribution in [2.75, 3.05) is 11.9 Å². The second kappa shape index (κ2) is 13.4. The third kappa shape index (κ3) is 6.23. The van der Waals surface area contributed by atoms with Gasteiger partial charge >= 0.3 is 0 Å². The van der Waals surface area contributed by atoms with Gasteiger partial charge in [0.15, 0.2) is 11.9 Å². The van der Waals surface area contributed by atoms with E-state index >= 15 is 0 Å². The molecule has 3 saturated heterocycles. The molecule has 0 saturated carbocycles. The molecule has 3 amide bonds. The van der Waals surface area contributed by atoms with E-state index in [9.17, 15) is 24.0 Å². The van der Waals surface area contributed by atoms with Crippen molar-refractivity contribution >= 4 is 46.6 Å². The van der Waals surface area contributed by atoms with Crippen molar-refractivity contribution in [3.8, 4) is 5.75 Å². The number of ether oxygens (including phenoxy) is 1. The van der Waals surface area contributed by atoms with Gasteiger partial charge in [-0.15, -0.1) is 0 Å². The number of nitrogens with zero attached hydrogens (tertiary/aromatic N) is 1. The van der Waals surface area contributed by atoms with Gasteiger partial charge in [-0.3, -0.25) is 24.0 Å². The quantitative estimate of drug-likeness (QED) is 0.161. The number of anilines is 1. The molecule has 3 unspecified atom stereocenters. The molecule has 272 valence electrons. The van der Waals surface area contributed by atoms with Crippen LogP contribution in [0.4, 0.5) is 5.69 Å². The van der Waals surface area contributed by atoms with Crippen molar-refractivity contribution in [2.45, 2.75) is 128 Å². The Labute approximate surface area is 300 Å². The van der Waals surface area contributed by atoms with Crippen molar-refractivity contribution < 1.29 is 33.5 Å². The first kappa shape index (κ1) is 39.0. The summed E-state index contributed by atoms with van der Waals surface area (Å²) < 4.78 is 6.40. The third-order valence-corrected chi connectivity index (χ3v) is 11.4. The zero-order chi connectivity index (χ0) is 37.7. The molecule has 3 atom stereocenters. The summed E-state index contributed by atoms with van der Waals surface area (Å²) >= 11 is 7.03. The number of rotatable bonds is 15. The zero-order valence-corrected chi connectivity index (χ0v) is 32.0. The Morgan fingerprint density at radius 2 is 1.52 bits per heavy atom. The number of para-hydroxylation sites is 1. The smallest absolute Gasteiger partial charge is 0.292 e. The van der Waals surface area contributed by atoms with E-state index in [0.29, 0.717) is 17.9 Å². The van der Waals surface area contributed by atoms with E-state index in [1.165, 1.54) is 33.3 Å². The molecule has 0 spiro atoms. The van der Waals surface area contributed by atoms with Crippen LogP contribution in [0.2, 0.25) is 0 Å². The minimum absolute atomic E-state index is 0.0434. The molecule has 2 aromatic carbocycles. The van der Waals surface area contributed by atoms with E-state index in [0.717, 1.165) is 23.5 Å². The van der Waals surface area contributed by atoms with E-state index in [4.69, 9.17) is 21.2 Å². The second-order valence-electron chi connectivity index (χ2n) is 15.9. The van der Waals surface area contributed by atoms with Gasteiger partial charge in [-0.1, -0.05) is 104 Å². The molecule has 11 heteroatoms. The molecule has 3 heterocycles. The zero-order valence-electron chi connectivity index (χ0n) is 31.2. The van der Waals surface area contributed by atoms with Crippen LogP contribution in [0.25, 0.3) is 0 Å². The van der Waals surface area contributed by atoms with Crippen LogP contribution in [0.3, 0.4) is 0 Å². The van der Waals surface area contributed by atoms with Gasteiger partial charge in [0.05, 0.1) is 0 Å². The van der Waals surface area contributed by atoms with Crippen LogP contribution >= 0.6 is 11.6 Å². The largest absolute Gasteiger partial charge is 0.480 e. The van der Waals surface area contributed by atoms with Gasteiger partial charge in [0, 0.05) is 23.2 Å². The van der Waals surface area contributed by atoms with Crippen molar-refractivity contribution in [3.63, 3.8) is 0 Å². The van der Waals surface area contributed by atoms with Crippen LogP contribution in [0, 0.1) is 5.41 Å². The fourth-order valence-electron chi connectivity index (χ4n) is 6.30. The van der Waals surface area contributed by atoms with Crippen molar-refractivity contribution in [3.05, 3.63) is 59.7 Å². The lowest BCUT2D eigenvalue weighted by Crippen LogP contribution is -2.76. The van der Waals surface area contributed by atoms with Crippen LogP contribution in [-0.2, 0) is 39.6 Å². The lowest BCUT2D eigenvalue weighted by Gasteiger charge is -2.46. The number of hydrogen-bond donors (Lipinski definition) is 2. The van der Waals surface area contributed by atoms with Crippen molar-refractivity contribution in [1.29, 1.82) is 0 Å². The van der Waals surface area contributed by atoms with Gasteiger partial charge in [0.2, 0.25) is 10.7 Å². The van der Waals surface area contributed by atoms with Crippen LogP contribution in [0.15, 0.2) is 48.5 Å². The maximum absolute atomic E-state index is 14.5. The molecular weight excluding hydrogens is 658 g/mol. The molecule has 2 N–H and O–H groups in total. The predicted octanol–water partition coefficient (Wildman–Crippen LogP) is 6.42. The van der Waals surface area contributed by atoms with Gasteiger partial charge in [-0.25, -0.2) is 9.90 Å². The summed E-state index contributed by atoms with van der Waals surface area (Å²) in [7, 11) is 0. The third-order valence-electron chi connectivity index (χ3n) is 10.7. The number of carbonyl (C=O) groups is 5. The predicted molar refractivity (Wildman–Crippen MR) is 193 cm³/mol. The molecule has 0 aromatic heterocycles. The van der Waals surface area contributed by atoms with E-state index < -0.39 is 56.8 Å². The number of ketones is 2. The fraction of sp³-hybridized carbons (Fsp3) is 0.564. The highest BCUT2D eigenvalue weighted by Crippen LogP contribution is 2.56. The normalized spacial score (nSPS) is 20.4. The first-order chi connectivity index (χ1) is 23.1. The monoisotopic (exact) mass is 709 g/mol. The molecule has 5 rings (SSSR count). The van der Waals surface area contributed by atoms with Gasteiger partial charge in [0.25, 0.3) is 23.3 Å². The first-order valence-corrected chi connectivity index (χ1v) is 17.7. The van der Waals surface area contributed by atoms with Crippen LogP contribution in [-0.4, -0.2) is 63.0 Å². The van der Waals surface area contributed by atoms with Gasteiger partial charge in [-0.05, 0) is 67.7 Å². The molecule has 0 radical (unpaired) electrons. The highest BCUT2D eigenvalue weighted by molar-refractivity contribution is 6.55. The van der Waals surface area contributed by atoms with E-state index in [-0.39, 0.29) is 17.4 Å². The van der Waals surface area contributed by atoms with E-state index in [2.05, 4.69) is 58.2 Å². The maximum Gasteiger partial charge on any atom is 0.292 e. The topological polar surface area (TPSA) is 131 Å². The highest BCUT2D eigenvalue weighted by atomic mass is 35.5. The molecule has 3 aliphatic heterocycles. The fourth-order valence-corrected chi connectivity index (χ4v) is 6.80. The summed E-state index contributed by atoms with van der Waals surface area (Å²) in [4.78, 5) is 72.3. The Morgan fingerprint density at radius 1 is 0.920 bits per heavy atom. The number of hydroxylamine groups is 2. The molecular formula is C39H52ClN3O7. The minimum Gasteiger partial charge on any atom is -0.480 e. The highest BCUT2D eigenvalue weighted by Gasteiger charge is 2.87. The number of hydrogen-bond acceptors (Lipinski definition) is 7. The summed E-state index contributed by atoms with van der Waals surface area (Å²) in [5, 5.41) is 6.24. The summed E-state index contributed by atoms with van der Waals surface area (Å²) in [6.45, 7) is 20.4. The standard InChI is InChI=1S/C39H52ClN3O7/c1-12-27(49-28-21-20-24(34(4,5)13-2)22-26(28)35(6,7)14-3)29(44)41-23-36(8,9)30(45)38(40,32(47)42-25-18-16-15-17-19-25)39-31(46)37(10,11)43(50-39)33(39)48/h15-22,27H,12-14,23H2,1-11H3,(H,41,44)(H,42,47).